The van der Waals surface area contributed by atoms with Crippen LogP contribution in [0.25, 0.3) is 11.1 Å². The maximum Gasteiger partial charge on any atom is 0.104 e. The summed E-state index contributed by atoms with van der Waals surface area (Å²) in [5.74, 6) is 0.465. The first-order valence-electron chi connectivity index (χ1n) is 6.97. The zero-order valence-corrected chi connectivity index (χ0v) is 15.5. The highest BCUT2D eigenvalue weighted by molar-refractivity contribution is 8.00. The van der Waals surface area contributed by atoms with Crippen molar-refractivity contribution in [3.05, 3.63) is 69.1 Å². The minimum atomic E-state index is 0.465. The molecule has 122 valence electrons. The van der Waals surface area contributed by atoms with E-state index in [1.807, 2.05) is 42.6 Å². The quantitative estimate of drug-likeness (QED) is 0.246. The molecular weight excluding hydrogens is 383 g/mol. The van der Waals surface area contributed by atoms with Gasteiger partial charge in [0.15, 0.2) is 0 Å². The zero-order valence-electron chi connectivity index (χ0n) is 12.3. The number of aromatic nitrogens is 1. The molecule has 0 fully saturated rings. The fourth-order valence-electron chi connectivity index (χ4n) is 2.19. The van der Waals surface area contributed by atoms with Crippen molar-refractivity contribution in [1.82, 2.24) is 4.98 Å². The van der Waals surface area contributed by atoms with Crippen molar-refractivity contribution in [2.75, 3.05) is 5.75 Å². The molecule has 3 nitrogen and oxygen atoms in total. The van der Waals surface area contributed by atoms with E-state index < -0.39 is 0 Å². The molecule has 7 heteroatoms. The van der Waals surface area contributed by atoms with Crippen molar-refractivity contribution < 1.29 is 5.21 Å². The number of hydrogen-bond acceptors (Lipinski definition) is 5. The van der Waals surface area contributed by atoms with Crippen molar-refractivity contribution >= 4 is 52.0 Å². The Morgan fingerprint density at radius 2 is 2.00 bits per heavy atom. The Hall–Kier alpha value is -1.53. The van der Waals surface area contributed by atoms with Gasteiger partial charge in [0.05, 0.1) is 10.0 Å². The van der Waals surface area contributed by atoms with E-state index in [4.69, 9.17) is 23.2 Å². The molecule has 0 aliphatic rings. The molecule has 3 rings (SSSR count). The molecule has 3 aromatic rings. The van der Waals surface area contributed by atoms with Crippen molar-refractivity contribution in [2.24, 2.45) is 5.16 Å². The van der Waals surface area contributed by atoms with Crippen LogP contribution in [-0.2, 0) is 0 Å². The van der Waals surface area contributed by atoms with E-state index >= 15 is 0 Å². The number of benzene rings is 1. The predicted molar refractivity (Wildman–Crippen MR) is 103 cm³/mol. The Morgan fingerprint density at radius 3 is 2.67 bits per heavy atom. The predicted octanol–water partition coefficient (Wildman–Crippen LogP) is 6.09. The molecule has 24 heavy (non-hydrogen) atoms. The van der Waals surface area contributed by atoms with E-state index in [9.17, 15) is 5.21 Å². The molecule has 0 amide bonds. The molecule has 0 aliphatic carbocycles. The Balaban J connectivity index is 1.83. The standard InChI is InChI=1S/C17H12Cl2N2OS2/c18-16-8-12(17(19)24-16)14(21-22)10-23-15-6-7-20-9-13(15)11-4-2-1-3-5-11/h1-9,22H,10H2/b21-14-. The minimum Gasteiger partial charge on any atom is -0.411 e. The largest absolute Gasteiger partial charge is 0.411 e. The summed E-state index contributed by atoms with van der Waals surface area (Å²) >= 11 is 14.9. The summed E-state index contributed by atoms with van der Waals surface area (Å²) in [4.78, 5) is 5.27. The molecule has 1 aromatic carbocycles. The fourth-order valence-corrected chi connectivity index (χ4v) is 4.68. The van der Waals surface area contributed by atoms with Gasteiger partial charge in [-0.15, -0.1) is 23.1 Å². The van der Waals surface area contributed by atoms with Gasteiger partial charge in [0.2, 0.25) is 0 Å². The number of oxime groups is 1. The lowest BCUT2D eigenvalue weighted by atomic mass is 10.1. The second-order valence-corrected chi connectivity index (χ2v) is 8.11. The second kappa shape index (κ2) is 8.03. The smallest absolute Gasteiger partial charge is 0.104 e. The summed E-state index contributed by atoms with van der Waals surface area (Å²) < 4.78 is 1.08. The van der Waals surface area contributed by atoms with E-state index in [-0.39, 0.29) is 0 Å². The van der Waals surface area contributed by atoms with Crippen LogP contribution in [0.3, 0.4) is 0 Å². The minimum absolute atomic E-state index is 0.465. The van der Waals surface area contributed by atoms with Crippen molar-refractivity contribution in [3.8, 4) is 11.1 Å². The van der Waals surface area contributed by atoms with E-state index in [1.165, 1.54) is 11.3 Å². The third-order valence-electron chi connectivity index (χ3n) is 3.32. The van der Waals surface area contributed by atoms with E-state index in [2.05, 4.69) is 10.1 Å². The Labute approximate surface area is 158 Å². The molecule has 2 aromatic heterocycles. The number of nitrogens with zero attached hydrogens (tertiary/aromatic N) is 2. The number of rotatable bonds is 5. The second-order valence-electron chi connectivity index (χ2n) is 4.81. The van der Waals surface area contributed by atoms with Crippen LogP contribution in [0.15, 0.2) is 64.9 Å². The van der Waals surface area contributed by atoms with Gasteiger partial charge in [0.1, 0.15) is 4.34 Å². The van der Waals surface area contributed by atoms with Crippen LogP contribution in [0.5, 0.6) is 0 Å². The monoisotopic (exact) mass is 394 g/mol. The lowest BCUT2D eigenvalue weighted by Gasteiger charge is -2.09. The third kappa shape index (κ3) is 3.92. The number of pyridine rings is 1. The van der Waals surface area contributed by atoms with Crippen molar-refractivity contribution in [3.63, 3.8) is 0 Å². The highest BCUT2D eigenvalue weighted by atomic mass is 35.5. The molecule has 0 bridgehead atoms. The zero-order chi connectivity index (χ0) is 16.9. The van der Waals surface area contributed by atoms with Crippen LogP contribution < -0.4 is 0 Å². The maximum atomic E-state index is 9.34. The summed E-state index contributed by atoms with van der Waals surface area (Å²) in [6, 6.07) is 13.7. The van der Waals surface area contributed by atoms with E-state index in [1.54, 1.807) is 24.0 Å². The highest BCUT2D eigenvalue weighted by Gasteiger charge is 2.15. The van der Waals surface area contributed by atoms with Gasteiger partial charge in [0.25, 0.3) is 0 Å². The van der Waals surface area contributed by atoms with Gasteiger partial charge in [-0.05, 0) is 17.7 Å². The normalized spacial score (nSPS) is 11.7. The van der Waals surface area contributed by atoms with Crippen LogP contribution in [-0.4, -0.2) is 21.7 Å². The van der Waals surface area contributed by atoms with Gasteiger partial charge in [-0.25, -0.2) is 0 Å². The van der Waals surface area contributed by atoms with Gasteiger partial charge in [-0.1, -0.05) is 58.7 Å². The topological polar surface area (TPSA) is 45.5 Å². The van der Waals surface area contributed by atoms with Crippen LogP contribution >= 0.6 is 46.3 Å². The first-order valence-corrected chi connectivity index (χ1v) is 9.53. The maximum absolute atomic E-state index is 9.34. The summed E-state index contributed by atoms with van der Waals surface area (Å²) in [5, 5.41) is 12.7. The lowest BCUT2D eigenvalue weighted by Crippen LogP contribution is -2.04. The van der Waals surface area contributed by atoms with Crippen LogP contribution in [0.4, 0.5) is 0 Å². The Bertz CT molecular complexity index is 866. The van der Waals surface area contributed by atoms with Crippen molar-refractivity contribution in [2.45, 2.75) is 4.90 Å². The number of halogens is 2. The fraction of sp³-hybridized carbons (Fsp3) is 0.0588. The summed E-state index contributed by atoms with van der Waals surface area (Å²) in [6.45, 7) is 0. The number of thiophene rings is 1. The highest BCUT2D eigenvalue weighted by Crippen LogP contribution is 2.34. The van der Waals surface area contributed by atoms with Gasteiger partial charge < -0.3 is 5.21 Å². The summed E-state index contributed by atoms with van der Waals surface area (Å²) in [5.41, 5.74) is 3.28. The SMILES string of the molecule is O/N=C(/CSc1ccncc1-c1ccccc1)c1cc(Cl)sc1Cl. The molecular formula is C17H12Cl2N2OS2. The number of thioether (sulfide) groups is 1. The van der Waals surface area contributed by atoms with Gasteiger partial charge >= 0.3 is 0 Å². The molecule has 0 saturated heterocycles. The average Bonchev–Trinajstić information content (AvgIpc) is 2.95. The Kier molecular flexibility index (Phi) is 5.79. The van der Waals surface area contributed by atoms with Crippen LogP contribution in [0, 0.1) is 0 Å². The summed E-state index contributed by atoms with van der Waals surface area (Å²) in [7, 11) is 0. The van der Waals surface area contributed by atoms with Crippen molar-refractivity contribution in [1.29, 1.82) is 0 Å². The molecule has 0 atom stereocenters. The van der Waals surface area contributed by atoms with Gasteiger partial charge in [0, 0.05) is 34.2 Å². The first kappa shape index (κ1) is 17.3. The molecule has 0 radical (unpaired) electrons. The van der Waals surface area contributed by atoms with Gasteiger partial charge in [-0.3, -0.25) is 4.98 Å². The van der Waals surface area contributed by atoms with E-state index in [0.29, 0.717) is 25.7 Å². The molecule has 0 aliphatic heterocycles. The number of hydrogen-bond donors (Lipinski definition) is 1. The third-order valence-corrected chi connectivity index (χ3v) is 5.89. The average molecular weight is 395 g/mol. The molecule has 2 heterocycles. The molecule has 0 spiro atoms. The first-order chi connectivity index (χ1) is 11.7. The summed E-state index contributed by atoms with van der Waals surface area (Å²) in [6.07, 6.45) is 3.58. The van der Waals surface area contributed by atoms with Crippen LogP contribution in [0.1, 0.15) is 5.56 Å². The molecule has 0 unspecified atom stereocenters. The van der Waals surface area contributed by atoms with Gasteiger partial charge in [-0.2, -0.15) is 0 Å². The van der Waals surface area contributed by atoms with Crippen LogP contribution in [0.2, 0.25) is 8.67 Å². The van der Waals surface area contributed by atoms with E-state index in [0.717, 1.165) is 16.0 Å². The molecule has 0 saturated carbocycles. The lowest BCUT2D eigenvalue weighted by molar-refractivity contribution is 0.319. The molecule has 1 N–H and O–H groups in total. The Morgan fingerprint density at radius 1 is 1.21 bits per heavy atom.